The number of halogens is 2. The van der Waals surface area contributed by atoms with Crippen LogP contribution >= 0.6 is 0 Å². The predicted molar refractivity (Wildman–Crippen MR) is 141 cm³/mol. The van der Waals surface area contributed by atoms with Gasteiger partial charge in [-0.2, -0.15) is 0 Å². The summed E-state index contributed by atoms with van der Waals surface area (Å²) in [6.07, 6.45) is 5.10. The molecule has 5 heteroatoms. The Morgan fingerprint density at radius 3 is 2.57 bits per heavy atom. The number of carbonyl (C=O) groups is 1. The number of phenols is 1. The van der Waals surface area contributed by atoms with Gasteiger partial charge >= 0.3 is 0 Å². The van der Waals surface area contributed by atoms with E-state index in [4.69, 9.17) is 0 Å². The van der Waals surface area contributed by atoms with Crippen LogP contribution in [0.4, 0.5) is 8.78 Å². The highest BCUT2D eigenvalue weighted by molar-refractivity contribution is 5.92. The van der Waals surface area contributed by atoms with Gasteiger partial charge in [-0.25, -0.2) is 8.78 Å². The Morgan fingerprint density at radius 1 is 0.973 bits per heavy atom. The second-order valence-electron chi connectivity index (χ2n) is 9.68. The van der Waals surface area contributed by atoms with Crippen LogP contribution in [0.2, 0.25) is 0 Å². The number of carbonyl (C=O) groups excluding carboxylic acids is 1. The highest BCUT2D eigenvalue weighted by Gasteiger charge is 2.24. The number of aromatic nitrogens is 1. The minimum Gasteiger partial charge on any atom is -0.508 e. The first-order valence-corrected chi connectivity index (χ1v) is 12.4. The molecule has 0 saturated heterocycles. The number of allylic oxidation sites excluding steroid dienone is 2. The van der Waals surface area contributed by atoms with Crippen LogP contribution in [-0.2, 0) is 17.6 Å². The second-order valence-corrected chi connectivity index (χ2v) is 9.68. The molecule has 186 valence electrons. The number of fused-ring (bicyclic) bond motifs is 1. The fourth-order valence-corrected chi connectivity index (χ4v) is 5.19. The average Bonchev–Trinajstić information content (AvgIpc) is 3.24. The zero-order chi connectivity index (χ0) is 25.9. The van der Waals surface area contributed by atoms with Gasteiger partial charge in [0, 0.05) is 36.6 Å². The molecule has 1 N–H and O–H groups in total. The van der Waals surface area contributed by atoms with Gasteiger partial charge in [-0.1, -0.05) is 48.0 Å². The number of Topliss-reactive ketones (excluding diaryl/α,β-unsaturated/α-hetero) is 1. The minimum absolute atomic E-state index is 0.00478. The molecule has 0 bridgehead atoms. The first-order chi connectivity index (χ1) is 17.9. The van der Waals surface area contributed by atoms with E-state index in [1.807, 2.05) is 49.4 Å². The summed E-state index contributed by atoms with van der Waals surface area (Å²) < 4.78 is 28.1. The zero-order valence-electron chi connectivity index (χ0n) is 20.5. The van der Waals surface area contributed by atoms with Gasteiger partial charge in [0.05, 0.1) is 5.69 Å². The predicted octanol–water partition coefficient (Wildman–Crippen LogP) is 7.36. The van der Waals surface area contributed by atoms with Gasteiger partial charge in [-0.3, -0.25) is 9.78 Å². The van der Waals surface area contributed by atoms with Gasteiger partial charge in [0.25, 0.3) is 0 Å². The number of ketones is 1. The van der Waals surface area contributed by atoms with Crippen molar-refractivity contribution in [2.45, 2.75) is 38.5 Å². The normalized spacial score (nSPS) is 13.2. The maximum Gasteiger partial charge on any atom is 0.137 e. The van der Waals surface area contributed by atoms with Crippen molar-refractivity contribution in [3.8, 4) is 16.9 Å². The van der Waals surface area contributed by atoms with Crippen LogP contribution in [0.15, 0.2) is 85.1 Å². The summed E-state index contributed by atoms with van der Waals surface area (Å²) >= 11 is 0. The molecule has 0 saturated carbocycles. The maximum absolute atomic E-state index is 14.0. The molecule has 1 aliphatic carbocycles. The van der Waals surface area contributed by atoms with Crippen molar-refractivity contribution in [3.05, 3.63) is 125 Å². The summed E-state index contributed by atoms with van der Waals surface area (Å²) in [6.45, 7) is 2.01. The lowest BCUT2D eigenvalue weighted by Gasteiger charge is -2.20. The quantitative estimate of drug-likeness (QED) is 0.278. The van der Waals surface area contributed by atoms with Crippen LogP contribution in [-0.4, -0.2) is 15.9 Å². The molecule has 0 fully saturated rings. The van der Waals surface area contributed by atoms with Crippen molar-refractivity contribution < 1.29 is 18.7 Å². The van der Waals surface area contributed by atoms with Crippen molar-refractivity contribution >= 4 is 11.4 Å². The molecule has 0 aliphatic heterocycles. The number of aromatic hydroxyl groups is 1. The smallest absolute Gasteiger partial charge is 0.137 e. The Bertz CT molecular complexity index is 1490. The van der Waals surface area contributed by atoms with Gasteiger partial charge in [-0.05, 0) is 77.9 Å². The molecule has 1 heterocycles. The van der Waals surface area contributed by atoms with Crippen LogP contribution < -0.4 is 0 Å². The average molecular weight is 496 g/mol. The third-order valence-electron chi connectivity index (χ3n) is 6.83. The van der Waals surface area contributed by atoms with Crippen LogP contribution in [0.5, 0.6) is 5.75 Å². The molecule has 1 atom stereocenters. The molecule has 3 nitrogen and oxygen atoms in total. The first kappa shape index (κ1) is 24.6. The summed E-state index contributed by atoms with van der Waals surface area (Å²) in [6, 6.07) is 20.6. The van der Waals surface area contributed by atoms with E-state index in [2.05, 4.69) is 11.1 Å². The summed E-state index contributed by atoms with van der Waals surface area (Å²) in [5.74, 6) is -1.50. The number of hydrogen-bond acceptors (Lipinski definition) is 3. The maximum atomic E-state index is 14.0. The molecule has 1 aromatic heterocycles. The highest BCUT2D eigenvalue weighted by Crippen LogP contribution is 2.36. The van der Waals surface area contributed by atoms with Gasteiger partial charge in [0.15, 0.2) is 0 Å². The first-order valence-electron chi connectivity index (χ1n) is 12.4. The van der Waals surface area contributed by atoms with Crippen molar-refractivity contribution in [1.29, 1.82) is 0 Å². The van der Waals surface area contributed by atoms with Crippen LogP contribution in [0.3, 0.4) is 0 Å². The Balaban J connectivity index is 1.47. The number of phenolic OH excluding ortho intramolecular Hbond substituents is 1. The van der Waals surface area contributed by atoms with Crippen LogP contribution in [0.1, 0.15) is 46.7 Å². The Labute approximate surface area is 215 Å². The van der Waals surface area contributed by atoms with Crippen molar-refractivity contribution in [2.24, 2.45) is 0 Å². The topological polar surface area (TPSA) is 50.2 Å². The Kier molecular flexibility index (Phi) is 6.95. The molecule has 5 rings (SSSR count). The minimum atomic E-state index is -0.646. The summed E-state index contributed by atoms with van der Waals surface area (Å²) in [5, 5.41) is 9.93. The molecule has 1 aliphatic rings. The largest absolute Gasteiger partial charge is 0.508 e. The number of hydrogen-bond donors (Lipinski definition) is 1. The number of nitrogens with zero attached hydrogens (tertiary/aromatic N) is 1. The van der Waals surface area contributed by atoms with Crippen molar-refractivity contribution in [3.63, 3.8) is 0 Å². The standard InChI is InChI=1S/C32H27F2NO2/c1-20-4-2-5-23(12-20)30-6-3-11-35-32(30)25(13-21-14-26(33)18-27(34)15-21)17-29(37)16-24-8-7-22-9-10-28(36)19-31(22)24/h2-6,8-12,14-15,18-19,25,36H,7,13,16-17H2,1H3/t25-/m1/s1. The van der Waals surface area contributed by atoms with E-state index in [-0.39, 0.29) is 36.7 Å². The van der Waals surface area contributed by atoms with Crippen LogP contribution in [0, 0.1) is 18.6 Å². The van der Waals surface area contributed by atoms with E-state index >= 15 is 0 Å². The summed E-state index contributed by atoms with van der Waals surface area (Å²) in [7, 11) is 0. The fourth-order valence-electron chi connectivity index (χ4n) is 5.19. The number of aryl methyl sites for hydroxylation is 1. The highest BCUT2D eigenvalue weighted by atomic mass is 19.1. The molecular weight excluding hydrogens is 468 g/mol. The molecule has 0 unspecified atom stereocenters. The molecule has 0 amide bonds. The SMILES string of the molecule is Cc1cccc(-c2cccnc2[C@@H](CC(=O)CC2=CCc3ccc(O)cc32)Cc2cc(F)cc(F)c2)c1. The van der Waals surface area contributed by atoms with Gasteiger partial charge in [0.2, 0.25) is 0 Å². The van der Waals surface area contributed by atoms with E-state index in [0.717, 1.165) is 51.6 Å². The second kappa shape index (κ2) is 10.5. The molecule has 37 heavy (non-hydrogen) atoms. The molecule has 0 spiro atoms. The van der Waals surface area contributed by atoms with Gasteiger partial charge in [0.1, 0.15) is 23.2 Å². The van der Waals surface area contributed by atoms with E-state index in [1.54, 1.807) is 18.3 Å². The lowest BCUT2D eigenvalue weighted by Crippen LogP contribution is -2.13. The zero-order valence-corrected chi connectivity index (χ0v) is 20.5. The van der Waals surface area contributed by atoms with Crippen molar-refractivity contribution in [1.82, 2.24) is 4.98 Å². The lowest BCUT2D eigenvalue weighted by molar-refractivity contribution is -0.118. The molecule has 3 aromatic carbocycles. The molecule has 4 aromatic rings. The third-order valence-corrected chi connectivity index (χ3v) is 6.83. The monoisotopic (exact) mass is 495 g/mol. The third kappa shape index (κ3) is 5.67. The van der Waals surface area contributed by atoms with Gasteiger partial charge < -0.3 is 5.11 Å². The van der Waals surface area contributed by atoms with Crippen molar-refractivity contribution in [2.75, 3.05) is 0 Å². The molecule has 0 radical (unpaired) electrons. The number of rotatable bonds is 8. The van der Waals surface area contributed by atoms with Crippen LogP contribution in [0.25, 0.3) is 16.7 Å². The van der Waals surface area contributed by atoms with E-state index in [1.165, 1.54) is 12.1 Å². The number of pyridine rings is 1. The fraction of sp³-hybridized carbons (Fsp3) is 0.188. The molecular formula is C32H27F2NO2. The number of benzene rings is 3. The summed E-state index contributed by atoms with van der Waals surface area (Å²) in [5.41, 5.74) is 7.06. The lowest BCUT2D eigenvalue weighted by atomic mass is 9.85. The Hall–Kier alpha value is -4.12. The van der Waals surface area contributed by atoms with Gasteiger partial charge in [-0.15, -0.1) is 0 Å². The summed E-state index contributed by atoms with van der Waals surface area (Å²) in [4.78, 5) is 18.1. The van der Waals surface area contributed by atoms with E-state index < -0.39 is 11.6 Å². The van der Waals surface area contributed by atoms with E-state index in [9.17, 15) is 18.7 Å². The Morgan fingerprint density at radius 2 is 1.78 bits per heavy atom. The van der Waals surface area contributed by atoms with E-state index in [0.29, 0.717) is 5.56 Å².